The van der Waals surface area contributed by atoms with Gasteiger partial charge in [-0.15, -0.1) is 0 Å². The van der Waals surface area contributed by atoms with Crippen molar-refractivity contribution in [1.29, 1.82) is 0 Å². The van der Waals surface area contributed by atoms with Crippen LogP contribution in [-0.4, -0.2) is 22.5 Å². The van der Waals surface area contributed by atoms with Crippen molar-refractivity contribution in [2.75, 3.05) is 6.61 Å². The highest BCUT2D eigenvalue weighted by Crippen LogP contribution is 2.00. The van der Waals surface area contributed by atoms with Gasteiger partial charge in [-0.05, 0) is 26.8 Å². The van der Waals surface area contributed by atoms with E-state index in [1.807, 2.05) is 19.9 Å². The molecule has 0 N–H and O–H groups in total. The molecule has 0 spiro atoms. The molecule has 0 aliphatic heterocycles. The summed E-state index contributed by atoms with van der Waals surface area (Å²) in [5.74, 6) is -0.325. The number of rotatable bonds is 2. The van der Waals surface area contributed by atoms with E-state index >= 15 is 0 Å². The Bertz CT molecular complexity index is 303. The van der Waals surface area contributed by atoms with Gasteiger partial charge in [-0.25, -0.2) is 14.8 Å². The lowest BCUT2D eigenvalue weighted by Crippen LogP contribution is -2.11. The maximum Gasteiger partial charge on any atom is 0.376 e. The van der Waals surface area contributed by atoms with Crippen LogP contribution in [0.2, 0.25) is 0 Å². The number of ether oxygens (including phenoxy) is 1. The summed E-state index contributed by atoms with van der Waals surface area (Å²) in [4.78, 5) is 19.1. The second-order valence-corrected chi connectivity index (χ2v) is 2.69. The van der Waals surface area contributed by atoms with E-state index in [1.165, 1.54) is 0 Å². The third-order valence-corrected chi connectivity index (χ3v) is 1.44. The third-order valence-electron chi connectivity index (χ3n) is 1.44. The molecule has 4 nitrogen and oxygen atoms in total. The third kappa shape index (κ3) is 2.50. The summed E-state index contributed by atoms with van der Waals surface area (Å²) in [6.07, 6.45) is 0. The van der Waals surface area contributed by atoms with Gasteiger partial charge in [-0.2, -0.15) is 0 Å². The molecule has 0 saturated carbocycles. The molecule has 1 aromatic rings. The fourth-order valence-corrected chi connectivity index (χ4v) is 1.01. The summed E-state index contributed by atoms with van der Waals surface area (Å²) in [5.41, 5.74) is 1.55. The van der Waals surface area contributed by atoms with Crippen molar-refractivity contribution in [2.24, 2.45) is 0 Å². The molecule has 70 valence electrons. The fourth-order valence-electron chi connectivity index (χ4n) is 1.01. The lowest BCUT2D eigenvalue weighted by molar-refractivity contribution is 0.0511. The van der Waals surface area contributed by atoms with Crippen LogP contribution in [-0.2, 0) is 4.74 Å². The minimum atomic E-state index is -0.464. The van der Waals surface area contributed by atoms with E-state index in [4.69, 9.17) is 4.74 Å². The van der Waals surface area contributed by atoms with Crippen LogP contribution in [0, 0.1) is 13.8 Å². The summed E-state index contributed by atoms with van der Waals surface area (Å²) >= 11 is 0. The summed E-state index contributed by atoms with van der Waals surface area (Å²) in [6, 6.07) is 1.81. The number of carbonyl (C=O) groups is 1. The second-order valence-electron chi connectivity index (χ2n) is 2.69. The minimum absolute atomic E-state index is 0.138. The number of hydrogen-bond donors (Lipinski definition) is 0. The largest absolute Gasteiger partial charge is 0.460 e. The SMILES string of the molecule is CCOC(=O)c1nc(C)cc(C)n1. The Morgan fingerprint density at radius 1 is 1.38 bits per heavy atom. The van der Waals surface area contributed by atoms with Crippen molar-refractivity contribution < 1.29 is 9.53 Å². The van der Waals surface area contributed by atoms with Crippen LogP contribution in [0.5, 0.6) is 0 Å². The standard InChI is InChI=1S/C9H12N2O2/c1-4-13-9(12)8-10-6(2)5-7(3)11-8/h5H,4H2,1-3H3. The molecule has 4 heteroatoms. The Kier molecular flexibility index (Phi) is 2.95. The normalized spacial score (nSPS) is 9.77. The number of aromatic nitrogens is 2. The molecule has 0 radical (unpaired) electrons. The summed E-state index contributed by atoms with van der Waals surface area (Å²) in [5, 5.41) is 0. The van der Waals surface area contributed by atoms with Gasteiger partial charge in [-0.1, -0.05) is 0 Å². The zero-order valence-corrected chi connectivity index (χ0v) is 8.00. The van der Waals surface area contributed by atoms with Crippen LogP contribution in [0.1, 0.15) is 28.9 Å². The molecular formula is C9H12N2O2. The minimum Gasteiger partial charge on any atom is -0.460 e. The summed E-state index contributed by atoms with van der Waals surface area (Å²) in [6.45, 7) is 5.73. The van der Waals surface area contributed by atoms with Gasteiger partial charge in [0.1, 0.15) is 0 Å². The van der Waals surface area contributed by atoms with E-state index < -0.39 is 5.97 Å². The number of aryl methyl sites for hydroxylation is 2. The monoisotopic (exact) mass is 180 g/mol. The predicted molar refractivity (Wildman–Crippen MR) is 47.5 cm³/mol. The smallest absolute Gasteiger partial charge is 0.376 e. The van der Waals surface area contributed by atoms with Gasteiger partial charge in [0.05, 0.1) is 6.61 Å². The maximum atomic E-state index is 11.2. The maximum absolute atomic E-state index is 11.2. The quantitative estimate of drug-likeness (QED) is 0.643. The van der Waals surface area contributed by atoms with E-state index in [0.29, 0.717) is 6.61 Å². The van der Waals surface area contributed by atoms with E-state index in [-0.39, 0.29) is 5.82 Å². The second kappa shape index (κ2) is 3.98. The van der Waals surface area contributed by atoms with Crippen molar-refractivity contribution in [3.8, 4) is 0 Å². The Morgan fingerprint density at radius 3 is 2.38 bits per heavy atom. The van der Waals surface area contributed by atoms with E-state index in [1.54, 1.807) is 6.92 Å². The lowest BCUT2D eigenvalue weighted by Gasteiger charge is -2.01. The first-order valence-corrected chi connectivity index (χ1v) is 4.13. The number of nitrogens with zero attached hydrogens (tertiary/aromatic N) is 2. The molecule has 0 aromatic carbocycles. The van der Waals surface area contributed by atoms with Gasteiger partial charge < -0.3 is 4.74 Å². The molecule has 0 bridgehead atoms. The summed E-state index contributed by atoms with van der Waals surface area (Å²) < 4.78 is 4.77. The van der Waals surface area contributed by atoms with Gasteiger partial charge in [-0.3, -0.25) is 0 Å². The average molecular weight is 180 g/mol. The number of carbonyl (C=O) groups excluding carboxylic acids is 1. The zero-order chi connectivity index (χ0) is 9.84. The molecule has 1 rings (SSSR count). The molecule has 0 amide bonds. The van der Waals surface area contributed by atoms with E-state index in [9.17, 15) is 4.79 Å². The highest BCUT2D eigenvalue weighted by Gasteiger charge is 2.10. The Labute approximate surface area is 77.0 Å². The van der Waals surface area contributed by atoms with E-state index in [2.05, 4.69) is 9.97 Å². The molecule has 0 fully saturated rings. The molecule has 0 unspecified atom stereocenters. The number of esters is 1. The summed E-state index contributed by atoms with van der Waals surface area (Å²) in [7, 11) is 0. The van der Waals surface area contributed by atoms with Gasteiger partial charge in [0, 0.05) is 11.4 Å². The van der Waals surface area contributed by atoms with Gasteiger partial charge in [0.15, 0.2) is 0 Å². The van der Waals surface area contributed by atoms with E-state index in [0.717, 1.165) is 11.4 Å². The van der Waals surface area contributed by atoms with Crippen LogP contribution in [0.25, 0.3) is 0 Å². The zero-order valence-electron chi connectivity index (χ0n) is 8.00. The molecule has 0 saturated heterocycles. The van der Waals surface area contributed by atoms with Crippen molar-refractivity contribution in [3.05, 3.63) is 23.3 Å². The van der Waals surface area contributed by atoms with Gasteiger partial charge in [0.25, 0.3) is 0 Å². The van der Waals surface area contributed by atoms with Crippen LogP contribution in [0.4, 0.5) is 0 Å². The molecule has 0 aliphatic carbocycles. The van der Waals surface area contributed by atoms with Gasteiger partial charge in [0.2, 0.25) is 5.82 Å². The van der Waals surface area contributed by atoms with Crippen molar-refractivity contribution in [1.82, 2.24) is 9.97 Å². The van der Waals surface area contributed by atoms with Gasteiger partial charge >= 0.3 is 5.97 Å². The first-order valence-electron chi connectivity index (χ1n) is 4.13. The molecule has 13 heavy (non-hydrogen) atoms. The Hall–Kier alpha value is -1.45. The molecule has 0 aliphatic rings. The first kappa shape index (κ1) is 9.64. The van der Waals surface area contributed by atoms with Crippen LogP contribution in [0.15, 0.2) is 6.07 Å². The van der Waals surface area contributed by atoms with Crippen molar-refractivity contribution in [2.45, 2.75) is 20.8 Å². The Balaban J connectivity index is 2.94. The molecule has 1 aromatic heterocycles. The fraction of sp³-hybridized carbons (Fsp3) is 0.444. The molecule has 0 atom stereocenters. The van der Waals surface area contributed by atoms with Crippen molar-refractivity contribution in [3.63, 3.8) is 0 Å². The topological polar surface area (TPSA) is 52.1 Å². The number of hydrogen-bond acceptors (Lipinski definition) is 4. The first-order chi connectivity index (χ1) is 6.13. The molecular weight excluding hydrogens is 168 g/mol. The lowest BCUT2D eigenvalue weighted by atomic mass is 10.3. The van der Waals surface area contributed by atoms with Crippen LogP contribution in [0.3, 0.4) is 0 Å². The van der Waals surface area contributed by atoms with Crippen LogP contribution >= 0.6 is 0 Å². The predicted octanol–water partition coefficient (Wildman–Crippen LogP) is 1.27. The highest BCUT2D eigenvalue weighted by molar-refractivity contribution is 5.85. The average Bonchev–Trinajstić information content (AvgIpc) is 2.03. The molecule has 1 heterocycles. The van der Waals surface area contributed by atoms with Crippen molar-refractivity contribution >= 4 is 5.97 Å². The highest BCUT2D eigenvalue weighted by atomic mass is 16.5. The van der Waals surface area contributed by atoms with Crippen LogP contribution < -0.4 is 0 Å². The Morgan fingerprint density at radius 2 is 1.92 bits per heavy atom.